The van der Waals surface area contributed by atoms with Gasteiger partial charge in [-0.3, -0.25) is 4.79 Å². The van der Waals surface area contributed by atoms with E-state index in [1.165, 1.54) is 6.42 Å². The molecule has 0 radical (unpaired) electrons. The van der Waals surface area contributed by atoms with E-state index in [0.29, 0.717) is 13.0 Å². The van der Waals surface area contributed by atoms with Crippen molar-refractivity contribution >= 4 is 12.0 Å². The van der Waals surface area contributed by atoms with E-state index >= 15 is 0 Å². The molecule has 1 atom stereocenters. The molecule has 1 N–H and O–H groups in total. The summed E-state index contributed by atoms with van der Waals surface area (Å²) in [6, 6.07) is 0.161. The van der Waals surface area contributed by atoms with Gasteiger partial charge in [0, 0.05) is 45.2 Å². The Hall–Kier alpha value is -1.30. The molecule has 0 aromatic carbocycles. The summed E-state index contributed by atoms with van der Waals surface area (Å²) in [6.07, 6.45) is 6.98. The van der Waals surface area contributed by atoms with Crippen LogP contribution in [-0.2, 0) is 9.53 Å². The molecule has 6 nitrogen and oxygen atoms in total. The maximum Gasteiger partial charge on any atom is 0.410 e. The Morgan fingerprint density at radius 2 is 1.72 bits per heavy atom. The highest BCUT2D eigenvalue weighted by Crippen LogP contribution is 2.20. The summed E-state index contributed by atoms with van der Waals surface area (Å²) in [5.74, 6) is 0.250. The van der Waals surface area contributed by atoms with Crippen LogP contribution < -0.4 is 5.32 Å². The van der Waals surface area contributed by atoms with Crippen LogP contribution in [0.5, 0.6) is 0 Å². The van der Waals surface area contributed by atoms with E-state index in [1.54, 1.807) is 0 Å². The van der Waals surface area contributed by atoms with Crippen molar-refractivity contribution in [2.75, 3.05) is 32.7 Å². The number of nitrogens with zero attached hydrogens (tertiary/aromatic N) is 2. The van der Waals surface area contributed by atoms with Crippen LogP contribution in [0.3, 0.4) is 0 Å². The molecule has 0 spiro atoms. The highest BCUT2D eigenvalue weighted by Gasteiger charge is 2.30. The van der Waals surface area contributed by atoms with Gasteiger partial charge in [0.15, 0.2) is 0 Å². The molecule has 2 rings (SSSR count). The topological polar surface area (TPSA) is 61.9 Å². The summed E-state index contributed by atoms with van der Waals surface area (Å²) in [5, 5.41) is 3.38. The summed E-state index contributed by atoms with van der Waals surface area (Å²) >= 11 is 0. The average Bonchev–Trinajstić information content (AvgIpc) is 2.58. The molecule has 25 heavy (non-hydrogen) atoms. The molecule has 2 aliphatic rings. The van der Waals surface area contributed by atoms with Crippen molar-refractivity contribution in [2.24, 2.45) is 0 Å². The molecular formula is C19H35N3O3. The zero-order valence-electron chi connectivity index (χ0n) is 16.2. The van der Waals surface area contributed by atoms with Crippen LogP contribution in [0.15, 0.2) is 0 Å². The Kier molecular flexibility index (Phi) is 7.54. The molecule has 0 bridgehead atoms. The largest absolute Gasteiger partial charge is 0.444 e. The van der Waals surface area contributed by atoms with Crippen LogP contribution in [0.25, 0.3) is 0 Å². The average molecular weight is 354 g/mol. The van der Waals surface area contributed by atoms with Crippen LogP contribution >= 0.6 is 0 Å². The van der Waals surface area contributed by atoms with Crippen molar-refractivity contribution in [3.63, 3.8) is 0 Å². The fraction of sp³-hybridized carbons (Fsp3) is 0.895. The van der Waals surface area contributed by atoms with E-state index in [4.69, 9.17) is 4.74 Å². The normalized spacial score (nSPS) is 22.0. The first-order valence-electron chi connectivity index (χ1n) is 9.85. The predicted octanol–water partition coefficient (Wildman–Crippen LogP) is 2.77. The molecule has 2 aliphatic heterocycles. The zero-order valence-corrected chi connectivity index (χ0v) is 16.2. The minimum absolute atomic E-state index is 0.161. The smallest absolute Gasteiger partial charge is 0.410 e. The predicted molar refractivity (Wildman–Crippen MR) is 98.5 cm³/mol. The summed E-state index contributed by atoms with van der Waals surface area (Å²) in [6.45, 7) is 9.67. The van der Waals surface area contributed by atoms with Crippen LogP contribution in [-0.4, -0.2) is 66.2 Å². The van der Waals surface area contributed by atoms with Gasteiger partial charge in [-0.05, 0) is 59.3 Å². The van der Waals surface area contributed by atoms with Gasteiger partial charge >= 0.3 is 6.09 Å². The number of hydrogen-bond acceptors (Lipinski definition) is 4. The molecule has 144 valence electrons. The first-order chi connectivity index (χ1) is 11.9. The van der Waals surface area contributed by atoms with E-state index in [2.05, 4.69) is 5.32 Å². The second-order valence-corrected chi connectivity index (χ2v) is 8.22. The summed E-state index contributed by atoms with van der Waals surface area (Å²) in [4.78, 5) is 28.4. The lowest BCUT2D eigenvalue weighted by atomic mass is 10.0. The van der Waals surface area contributed by atoms with E-state index in [1.807, 2.05) is 30.6 Å². The van der Waals surface area contributed by atoms with Gasteiger partial charge in [-0.15, -0.1) is 0 Å². The third kappa shape index (κ3) is 6.84. The lowest BCUT2D eigenvalue weighted by Crippen LogP contribution is -2.50. The second kappa shape index (κ2) is 9.41. The van der Waals surface area contributed by atoms with Gasteiger partial charge in [0.1, 0.15) is 5.60 Å². The first-order valence-corrected chi connectivity index (χ1v) is 9.85. The number of carbonyl (C=O) groups is 2. The number of likely N-dealkylation sites (tertiary alicyclic amines) is 2. The van der Waals surface area contributed by atoms with Crippen molar-refractivity contribution in [1.29, 1.82) is 0 Å². The van der Waals surface area contributed by atoms with Gasteiger partial charge < -0.3 is 19.9 Å². The number of piperidine rings is 2. The van der Waals surface area contributed by atoms with Crippen LogP contribution in [0, 0.1) is 0 Å². The van der Waals surface area contributed by atoms with E-state index in [0.717, 1.165) is 58.3 Å². The Morgan fingerprint density at radius 1 is 1.04 bits per heavy atom. The molecular weight excluding hydrogens is 318 g/mol. The number of hydrogen-bond donors (Lipinski definition) is 1. The molecule has 0 aliphatic carbocycles. The third-order valence-electron chi connectivity index (χ3n) is 4.86. The lowest BCUT2D eigenvalue weighted by molar-refractivity contribution is -0.132. The van der Waals surface area contributed by atoms with E-state index in [9.17, 15) is 9.59 Å². The first kappa shape index (κ1) is 20.0. The Balaban J connectivity index is 1.72. The van der Waals surface area contributed by atoms with Crippen molar-refractivity contribution in [3.8, 4) is 0 Å². The monoisotopic (exact) mass is 353 g/mol. The number of nitrogens with one attached hydrogen (secondary N) is 1. The van der Waals surface area contributed by atoms with Crippen LogP contribution in [0.4, 0.5) is 4.79 Å². The third-order valence-corrected chi connectivity index (χ3v) is 4.86. The summed E-state index contributed by atoms with van der Waals surface area (Å²) in [5.41, 5.74) is -0.465. The number of amides is 2. The Labute approximate surface area is 152 Å². The van der Waals surface area contributed by atoms with Crippen molar-refractivity contribution in [1.82, 2.24) is 15.1 Å². The van der Waals surface area contributed by atoms with Gasteiger partial charge in [0.2, 0.25) is 5.91 Å². The molecule has 2 saturated heterocycles. The molecule has 2 amide bonds. The van der Waals surface area contributed by atoms with Crippen LogP contribution in [0.2, 0.25) is 0 Å². The van der Waals surface area contributed by atoms with Gasteiger partial charge in [-0.2, -0.15) is 0 Å². The standard InChI is InChI=1S/C19H35N3O3/c1-19(2,3)25-18(24)22-14-8-5-9-16(22)15-20-11-10-17(23)21-12-6-4-7-13-21/h16,20H,4-15H2,1-3H3. The fourth-order valence-corrected chi connectivity index (χ4v) is 3.54. The minimum atomic E-state index is -0.465. The number of rotatable bonds is 5. The number of ether oxygens (including phenoxy) is 1. The zero-order chi connectivity index (χ0) is 18.3. The molecule has 0 saturated carbocycles. The fourth-order valence-electron chi connectivity index (χ4n) is 3.54. The van der Waals surface area contributed by atoms with Gasteiger partial charge in [0.25, 0.3) is 0 Å². The molecule has 1 unspecified atom stereocenters. The maximum absolute atomic E-state index is 12.4. The van der Waals surface area contributed by atoms with Gasteiger partial charge in [0.05, 0.1) is 0 Å². The molecule has 2 fully saturated rings. The van der Waals surface area contributed by atoms with Crippen molar-refractivity contribution in [2.45, 2.75) is 77.4 Å². The summed E-state index contributed by atoms with van der Waals surface area (Å²) < 4.78 is 5.53. The highest BCUT2D eigenvalue weighted by atomic mass is 16.6. The molecule has 6 heteroatoms. The maximum atomic E-state index is 12.4. The van der Waals surface area contributed by atoms with E-state index in [-0.39, 0.29) is 18.0 Å². The highest BCUT2D eigenvalue weighted by molar-refractivity contribution is 5.76. The van der Waals surface area contributed by atoms with Crippen molar-refractivity contribution < 1.29 is 14.3 Å². The Bertz CT molecular complexity index is 442. The summed E-state index contributed by atoms with van der Waals surface area (Å²) in [7, 11) is 0. The van der Waals surface area contributed by atoms with Gasteiger partial charge in [-0.1, -0.05) is 0 Å². The minimum Gasteiger partial charge on any atom is -0.444 e. The molecule has 2 heterocycles. The quantitative estimate of drug-likeness (QED) is 0.772. The van der Waals surface area contributed by atoms with Crippen molar-refractivity contribution in [3.05, 3.63) is 0 Å². The van der Waals surface area contributed by atoms with Crippen LogP contribution in [0.1, 0.15) is 65.7 Å². The SMILES string of the molecule is CC(C)(C)OC(=O)N1CCCCC1CNCCC(=O)N1CCCCC1. The second-order valence-electron chi connectivity index (χ2n) is 8.22. The molecule has 0 aromatic rings. The van der Waals surface area contributed by atoms with Gasteiger partial charge in [-0.25, -0.2) is 4.79 Å². The lowest BCUT2D eigenvalue weighted by Gasteiger charge is -2.37. The number of carbonyl (C=O) groups excluding carboxylic acids is 2. The molecule has 0 aromatic heterocycles. The Morgan fingerprint density at radius 3 is 2.40 bits per heavy atom. The van der Waals surface area contributed by atoms with E-state index < -0.39 is 5.60 Å².